The second-order valence-electron chi connectivity index (χ2n) is 3.02. The summed E-state index contributed by atoms with van der Waals surface area (Å²) in [6.07, 6.45) is 4.67. The summed E-state index contributed by atoms with van der Waals surface area (Å²) in [5, 5.41) is 3.91. The van der Waals surface area contributed by atoms with Crippen LogP contribution in [0.3, 0.4) is 0 Å². The van der Waals surface area contributed by atoms with E-state index in [4.69, 9.17) is 0 Å². The molecule has 0 N–H and O–H groups in total. The third-order valence-corrected chi connectivity index (χ3v) is 3.84. The summed E-state index contributed by atoms with van der Waals surface area (Å²) < 4.78 is 2.00. The highest BCUT2D eigenvalue weighted by molar-refractivity contribution is 7.15. The number of thiophene rings is 1. The second-order valence-corrected chi connectivity index (χ2v) is 4.84. The van der Waals surface area contributed by atoms with E-state index in [1.54, 1.807) is 17.5 Å². The minimum absolute atomic E-state index is 0.753. The van der Waals surface area contributed by atoms with Crippen LogP contribution in [0.15, 0.2) is 29.2 Å². The monoisotopic (exact) mass is 234 g/mol. The van der Waals surface area contributed by atoms with Gasteiger partial charge >= 0.3 is 0 Å². The largest absolute Gasteiger partial charge is 0.297 e. The van der Waals surface area contributed by atoms with Crippen LogP contribution in [0.5, 0.6) is 0 Å². The van der Waals surface area contributed by atoms with Gasteiger partial charge in [0.1, 0.15) is 0 Å². The van der Waals surface area contributed by atoms with Crippen LogP contribution in [0.4, 0.5) is 0 Å². The lowest BCUT2D eigenvalue weighted by Gasteiger charge is -1.95. The molecule has 5 heteroatoms. The molecule has 3 heterocycles. The molecule has 3 aromatic rings. The smallest absolute Gasteiger partial charge is 0.194 e. The van der Waals surface area contributed by atoms with Crippen molar-refractivity contribution in [2.75, 3.05) is 0 Å². The van der Waals surface area contributed by atoms with Crippen LogP contribution >= 0.6 is 22.7 Å². The van der Waals surface area contributed by atoms with E-state index in [-0.39, 0.29) is 0 Å². The number of fused-ring (bicyclic) bond motifs is 1. The molecule has 0 saturated heterocycles. The van der Waals surface area contributed by atoms with E-state index in [0.29, 0.717) is 0 Å². The average molecular weight is 234 g/mol. The number of carbonyl (C=O) groups is 1. The first-order valence-corrected chi connectivity index (χ1v) is 6.09. The third-order valence-electron chi connectivity index (χ3n) is 2.22. The van der Waals surface area contributed by atoms with Crippen LogP contribution in [0.2, 0.25) is 0 Å². The zero-order valence-corrected chi connectivity index (χ0v) is 9.22. The van der Waals surface area contributed by atoms with Crippen LogP contribution in [0.25, 0.3) is 16.2 Å². The van der Waals surface area contributed by atoms with Gasteiger partial charge in [-0.2, -0.15) is 0 Å². The summed E-state index contributed by atoms with van der Waals surface area (Å²) in [5.41, 5.74) is 1.94. The standard InChI is InChI=1S/C10H6N2OS2/c13-6-9-7(1-3-14-9)8-5-11-10-12(8)2-4-15-10/h1-6H. The maximum absolute atomic E-state index is 10.8. The topological polar surface area (TPSA) is 34.4 Å². The van der Waals surface area contributed by atoms with E-state index < -0.39 is 0 Å². The van der Waals surface area contributed by atoms with Crippen molar-refractivity contribution in [2.45, 2.75) is 0 Å². The van der Waals surface area contributed by atoms with E-state index in [1.807, 2.05) is 27.4 Å². The van der Waals surface area contributed by atoms with Crippen molar-refractivity contribution in [3.63, 3.8) is 0 Å². The Morgan fingerprint density at radius 1 is 1.33 bits per heavy atom. The number of thiazole rings is 1. The number of imidazole rings is 1. The number of hydrogen-bond acceptors (Lipinski definition) is 4. The van der Waals surface area contributed by atoms with Crippen LogP contribution in [0, 0.1) is 0 Å². The Morgan fingerprint density at radius 3 is 3.13 bits per heavy atom. The molecule has 0 aliphatic carbocycles. The Morgan fingerprint density at radius 2 is 2.27 bits per heavy atom. The summed E-state index contributed by atoms with van der Waals surface area (Å²) >= 11 is 3.04. The van der Waals surface area contributed by atoms with Gasteiger partial charge in [0.15, 0.2) is 11.2 Å². The number of hydrogen-bond donors (Lipinski definition) is 0. The maximum Gasteiger partial charge on any atom is 0.194 e. The fourth-order valence-corrected chi connectivity index (χ4v) is 2.95. The van der Waals surface area contributed by atoms with Gasteiger partial charge < -0.3 is 0 Å². The lowest BCUT2D eigenvalue weighted by molar-refractivity contribution is 0.112. The Kier molecular flexibility index (Phi) is 1.93. The first-order chi connectivity index (χ1) is 7.40. The molecule has 0 unspecified atom stereocenters. The van der Waals surface area contributed by atoms with Crippen molar-refractivity contribution in [2.24, 2.45) is 0 Å². The Balaban J connectivity index is 2.30. The molecule has 0 aliphatic rings. The Bertz CT molecular complexity index is 620. The van der Waals surface area contributed by atoms with Gasteiger partial charge in [-0.25, -0.2) is 4.98 Å². The lowest BCUT2D eigenvalue weighted by Crippen LogP contribution is -1.84. The van der Waals surface area contributed by atoms with E-state index in [0.717, 1.165) is 27.4 Å². The van der Waals surface area contributed by atoms with Gasteiger partial charge in [0, 0.05) is 17.1 Å². The number of carbonyl (C=O) groups excluding carboxylic acids is 1. The lowest BCUT2D eigenvalue weighted by atomic mass is 10.2. The highest BCUT2D eigenvalue weighted by Crippen LogP contribution is 2.28. The molecule has 15 heavy (non-hydrogen) atoms. The quantitative estimate of drug-likeness (QED) is 0.639. The first-order valence-electron chi connectivity index (χ1n) is 4.34. The number of nitrogens with zero attached hydrogens (tertiary/aromatic N) is 2. The van der Waals surface area contributed by atoms with E-state index in [1.165, 1.54) is 11.3 Å². The summed E-state index contributed by atoms with van der Waals surface area (Å²) in [6, 6.07) is 1.95. The minimum Gasteiger partial charge on any atom is -0.297 e. The molecule has 74 valence electrons. The zero-order chi connectivity index (χ0) is 10.3. The SMILES string of the molecule is O=Cc1sccc1-c1cnc2sccn12. The fourth-order valence-electron chi connectivity index (χ4n) is 1.55. The van der Waals surface area contributed by atoms with Gasteiger partial charge in [0.05, 0.1) is 16.8 Å². The van der Waals surface area contributed by atoms with Gasteiger partial charge in [0.25, 0.3) is 0 Å². The van der Waals surface area contributed by atoms with Crippen LogP contribution in [-0.4, -0.2) is 15.7 Å². The van der Waals surface area contributed by atoms with Gasteiger partial charge in [-0.15, -0.1) is 22.7 Å². The van der Waals surface area contributed by atoms with Crippen molar-refractivity contribution in [3.8, 4) is 11.3 Å². The maximum atomic E-state index is 10.8. The summed E-state index contributed by atoms with van der Waals surface area (Å²) in [4.78, 5) is 16.8. The predicted molar refractivity (Wildman–Crippen MR) is 61.8 cm³/mol. The minimum atomic E-state index is 0.753. The molecular formula is C10H6N2OS2. The molecule has 3 nitrogen and oxygen atoms in total. The molecule has 0 amide bonds. The van der Waals surface area contributed by atoms with Gasteiger partial charge in [-0.1, -0.05) is 0 Å². The van der Waals surface area contributed by atoms with Crippen molar-refractivity contribution < 1.29 is 4.79 Å². The van der Waals surface area contributed by atoms with Crippen LogP contribution < -0.4 is 0 Å². The molecule has 0 aliphatic heterocycles. The van der Waals surface area contributed by atoms with Crippen LogP contribution in [-0.2, 0) is 0 Å². The highest BCUT2D eigenvalue weighted by Gasteiger charge is 2.11. The molecule has 0 atom stereocenters. The molecule has 0 aromatic carbocycles. The third kappa shape index (κ3) is 1.24. The van der Waals surface area contributed by atoms with E-state index >= 15 is 0 Å². The number of aromatic nitrogens is 2. The summed E-state index contributed by atoms with van der Waals surface area (Å²) in [6.45, 7) is 0. The molecule has 0 spiro atoms. The van der Waals surface area contributed by atoms with Crippen molar-refractivity contribution in [1.29, 1.82) is 0 Å². The van der Waals surface area contributed by atoms with E-state index in [2.05, 4.69) is 4.98 Å². The van der Waals surface area contributed by atoms with Gasteiger partial charge in [-0.05, 0) is 11.4 Å². The zero-order valence-electron chi connectivity index (χ0n) is 7.58. The molecule has 3 aromatic heterocycles. The highest BCUT2D eigenvalue weighted by atomic mass is 32.1. The number of rotatable bonds is 2. The second kappa shape index (κ2) is 3.29. The van der Waals surface area contributed by atoms with Gasteiger partial charge in [0.2, 0.25) is 0 Å². The fraction of sp³-hybridized carbons (Fsp3) is 0. The van der Waals surface area contributed by atoms with Crippen LogP contribution in [0.1, 0.15) is 9.67 Å². The first kappa shape index (κ1) is 8.82. The molecular weight excluding hydrogens is 228 g/mol. The van der Waals surface area contributed by atoms with Crippen molar-refractivity contribution in [1.82, 2.24) is 9.38 Å². The van der Waals surface area contributed by atoms with Crippen molar-refractivity contribution >= 4 is 33.9 Å². The van der Waals surface area contributed by atoms with Crippen molar-refractivity contribution in [3.05, 3.63) is 34.1 Å². The molecule has 0 saturated carbocycles. The number of aldehydes is 1. The normalized spacial score (nSPS) is 10.9. The Hall–Kier alpha value is -1.46. The molecule has 0 radical (unpaired) electrons. The predicted octanol–water partition coefficient (Wildman–Crippen LogP) is 2.94. The molecule has 0 fully saturated rings. The van der Waals surface area contributed by atoms with Gasteiger partial charge in [-0.3, -0.25) is 9.20 Å². The summed E-state index contributed by atoms with van der Waals surface area (Å²) in [7, 11) is 0. The molecule has 3 rings (SSSR count). The summed E-state index contributed by atoms with van der Waals surface area (Å²) in [5.74, 6) is 0. The molecule has 0 bridgehead atoms. The average Bonchev–Trinajstić information content (AvgIpc) is 2.92. The Labute approximate surface area is 93.6 Å². The van der Waals surface area contributed by atoms with E-state index in [9.17, 15) is 4.79 Å².